The molecular weight excluding hydrogens is 336 g/mol. The second-order valence-electron chi connectivity index (χ2n) is 7.96. The van der Waals surface area contributed by atoms with Gasteiger partial charge in [0.25, 0.3) is 0 Å². The van der Waals surface area contributed by atoms with E-state index in [1.54, 1.807) is 11.1 Å². The Morgan fingerprint density at radius 3 is 2.04 bits per heavy atom. The summed E-state index contributed by atoms with van der Waals surface area (Å²) in [6.07, 6.45) is 9.04. The molecule has 0 heterocycles. The van der Waals surface area contributed by atoms with Crippen molar-refractivity contribution in [3.8, 4) is 0 Å². The lowest BCUT2D eigenvalue weighted by atomic mass is 9.80. The fraction of sp³-hybridized carbons (Fsp3) is 0.214. The number of hydrogen-bond acceptors (Lipinski definition) is 0. The van der Waals surface area contributed by atoms with Crippen LogP contribution in [0.1, 0.15) is 60.3 Å². The standard InChI is InChI=1S/C28H26/c1-4-12-21(13-5-1)26-20-27(25-19-11-10-18-24(25)26)28(22-14-6-2-7-15-22)23-16-8-3-9-17-23/h1-2,4-7,10-15,18-20,27H,3,8-9,16-17H2. The van der Waals surface area contributed by atoms with Gasteiger partial charge in [0.15, 0.2) is 0 Å². The maximum absolute atomic E-state index is 2.52. The first kappa shape index (κ1) is 17.3. The van der Waals surface area contributed by atoms with Gasteiger partial charge in [-0.1, -0.05) is 103 Å². The van der Waals surface area contributed by atoms with E-state index in [1.807, 2.05) is 0 Å². The molecule has 0 amide bonds. The molecule has 138 valence electrons. The molecule has 0 saturated heterocycles. The fourth-order valence-electron chi connectivity index (χ4n) is 4.94. The maximum atomic E-state index is 2.52. The molecule has 28 heavy (non-hydrogen) atoms. The Hall–Kier alpha value is -2.86. The third-order valence-corrected chi connectivity index (χ3v) is 6.24. The van der Waals surface area contributed by atoms with Crippen LogP contribution in [0, 0.1) is 0 Å². The Labute approximate surface area is 168 Å². The van der Waals surface area contributed by atoms with Crippen LogP contribution >= 0.6 is 0 Å². The first-order valence-electron chi connectivity index (χ1n) is 10.6. The molecule has 0 nitrogen and oxygen atoms in total. The Balaban J connectivity index is 1.70. The highest BCUT2D eigenvalue weighted by molar-refractivity contribution is 5.91. The van der Waals surface area contributed by atoms with Crippen LogP contribution in [0.5, 0.6) is 0 Å². The van der Waals surface area contributed by atoms with Gasteiger partial charge >= 0.3 is 0 Å². The van der Waals surface area contributed by atoms with E-state index in [0.717, 1.165) is 0 Å². The number of rotatable bonds is 3. The van der Waals surface area contributed by atoms with Crippen LogP contribution in [-0.4, -0.2) is 0 Å². The van der Waals surface area contributed by atoms with Crippen molar-refractivity contribution >= 4 is 11.1 Å². The molecule has 0 bridgehead atoms. The van der Waals surface area contributed by atoms with E-state index in [-0.39, 0.29) is 0 Å². The molecule has 1 saturated carbocycles. The highest BCUT2D eigenvalue weighted by Gasteiger charge is 2.29. The van der Waals surface area contributed by atoms with Gasteiger partial charge in [-0.2, -0.15) is 0 Å². The van der Waals surface area contributed by atoms with Crippen LogP contribution < -0.4 is 0 Å². The summed E-state index contributed by atoms with van der Waals surface area (Å²) in [6.45, 7) is 0. The molecule has 0 heteroatoms. The molecular formula is C28H26. The molecule has 3 aromatic carbocycles. The molecule has 2 aliphatic rings. The fourth-order valence-corrected chi connectivity index (χ4v) is 4.94. The molecule has 0 aromatic heterocycles. The lowest BCUT2D eigenvalue weighted by Crippen LogP contribution is -2.05. The smallest absolute Gasteiger partial charge is 0.0290 e. The largest absolute Gasteiger partial charge is 0.0655 e. The zero-order chi connectivity index (χ0) is 18.8. The number of fused-ring (bicyclic) bond motifs is 1. The minimum absolute atomic E-state index is 0.349. The lowest BCUT2D eigenvalue weighted by molar-refractivity contribution is 0.598. The van der Waals surface area contributed by atoms with E-state index in [4.69, 9.17) is 0 Å². The van der Waals surface area contributed by atoms with E-state index in [0.29, 0.717) is 5.92 Å². The highest BCUT2D eigenvalue weighted by atomic mass is 14.3. The van der Waals surface area contributed by atoms with Gasteiger partial charge in [-0.25, -0.2) is 0 Å². The van der Waals surface area contributed by atoms with Crippen molar-refractivity contribution in [3.63, 3.8) is 0 Å². The monoisotopic (exact) mass is 362 g/mol. The third-order valence-electron chi connectivity index (χ3n) is 6.24. The third kappa shape index (κ3) is 3.14. The summed E-state index contributed by atoms with van der Waals surface area (Å²) in [5.74, 6) is 0.349. The Bertz CT molecular complexity index is 1010. The SMILES string of the molecule is C1=C(c2ccccc2)c2ccccc2C1C(=C1CCCCC1)c1ccccc1. The van der Waals surface area contributed by atoms with Crippen LogP contribution in [0.15, 0.2) is 96.6 Å². The van der Waals surface area contributed by atoms with Crippen molar-refractivity contribution in [2.24, 2.45) is 0 Å². The van der Waals surface area contributed by atoms with Gasteiger partial charge in [0.1, 0.15) is 0 Å². The summed E-state index contributed by atoms with van der Waals surface area (Å²) >= 11 is 0. The van der Waals surface area contributed by atoms with Gasteiger partial charge in [-0.15, -0.1) is 0 Å². The van der Waals surface area contributed by atoms with Gasteiger partial charge in [0.2, 0.25) is 0 Å². The predicted molar refractivity (Wildman–Crippen MR) is 119 cm³/mol. The van der Waals surface area contributed by atoms with E-state index >= 15 is 0 Å². The number of allylic oxidation sites excluding steroid dienone is 3. The van der Waals surface area contributed by atoms with E-state index in [2.05, 4.69) is 91.0 Å². The molecule has 1 fully saturated rings. The van der Waals surface area contributed by atoms with Crippen LogP contribution in [0.3, 0.4) is 0 Å². The van der Waals surface area contributed by atoms with Gasteiger partial charge in [-0.3, -0.25) is 0 Å². The molecule has 0 radical (unpaired) electrons. The van der Waals surface area contributed by atoms with Crippen LogP contribution in [0.25, 0.3) is 11.1 Å². The Morgan fingerprint density at radius 2 is 1.29 bits per heavy atom. The van der Waals surface area contributed by atoms with Crippen molar-refractivity contribution in [2.45, 2.75) is 38.0 Å². The zero-order valence-corrected chi connectivity index (χ0v) is 16.3. The molecule has 3 aromatic rings. The van der Waals surface area contributed by atoms with Gasteiger partial charge in [-0.05, 0) is 59.1 Å². The second-order valence-corrected chi connectivity index (χ2v) is 7.96. The van der Waals surface area contributed by atoms with E-state index in [1.165, 1.54) is 59.9 Å². The van der Waals surface area contributed by atoms with Crippen LogP contribution in [-0.2, 0) is 0 Å². The van der Waals surface area contributed by atoms with Crippen molar-refractivity contribution in [1.29, 1.82) is 0 Å². The molecule has 1 unspecified atom stereocenters. The average Bonchev–Trinajstić information content (AvgIpc) is 3.16. The molecule has 0 spiro atoms. The maximum Gasteiger partial charge on any atom is 0.0290 e. The summed E-state index contributed by atoms with van der Waals surface area (Å²) in [6, 6.07) is 30.9. The molecule has 5 rings (SSSR count). The topological polar surface area (TPSA) is 0 Å². The lowest BCUT2D eigenvalue weighted by Gasteiger charge is -2.24. The number of hydrogen-bond donors (Lipinski definition) is 0. The molecule has 2 aliphatic carbocycles. The number of benzene rings is 3. The van der Waals surface area contributed by atoms with Crippen LogP contribution in [0.2, 0.25) is 0 Å². The van der Waals surface area contributed by atoms with Crippen LogP contribution in [0.4, 0.5) is 0 Å². The predicted octanol–water partition coefficient (Wildman–Crippen LogP) is 7.63. The Morgan fingerprint density at radius 1 is 0.643 bits per heavy atom. The van der Waals surface area contributed by atoms with Gasteiger partial charge in [0.05, 0.1) is 0 Å². The first-order valence-corrected chi connectivity index (χ1v) is 10.6. The highest BCUT2D eigenvalue weighted by Crippen LogP contribution is 2.48. The molecule has 0 aliphatic heterocycles. The van der Waals surface area contributed by atoms with Crippen molar-refractivity contribution in [2.75, 3.05) is 0 Å². The van der Waals surface area contributed by atoms with Crippen molar-refractivity contribution in [3.05, 3.63) is 119 Å². The summed E-state index contributed by atoms with van der Waals surface area (Å²) in [5.41, 5.74) is 10.2. The van der Waals surface area contributed by atoms with E-state index < -0.39 is 0 Å². The Kier molecular flexibility index (Phi) is 4.71. The van der Waals surface area contributed by atoms with Crippen molar-refractivity contribution < 1.29 is 0 Å². The minimum Gasteiger partial charge on any atom is -0.0655 e. The normalized spacial score (nSPS) is 18.5. The van der Waals surface area contributed by atoms with Crippen molar-refractivity contribution in [1.82, 2.24) is 0 Å². The second kappa shape index (κ2) is 7.64. The zero-order valence-electron chi connectivity index (χ0n) is 16.3. The summed E-state index contributed by atoms with van der Waals surface area (Å²) in [4.78, 5) is 0. The summed E-state index contributed by atoms with van der Waals surface area (Å²) in [7, 11) is 0. The average molecular weight is 363 g/mol. The van der Waals surface area contributed by atoms with Gasteiger partial charge < -0.3 is 0 Å². The summed E-state index contributed by atoms with van der Waals surface area (Å²) < 4.78 is 0. The summed E-state index contributed by atoms with van der Waals surface area (Å²) in [5, 5.41) is 0. The molecule has 0 N–H and O–H groups in total. The quantitative estimate of drug-likeness (QED) is 0.449. The minimum atomic E-state index is 0.349. The molecule has 1 atom stereocenters. The van der Waals surface area contributed by atoms with Gasteiger partial charge in [0, 0.05) is 5.92 Å². The first-order chi connectivity index (χ1) is 13.9. The van der Waals surface area contributed by atoms with E-state index in [9.17, 15) is 0 Å².